The van der Waals surface area contributed by atoms with Gasteiger partial charge in [-0.2, -0.15) is 0 Å². The molecule has 0 atom stereocenters. The van der Waals surface area contributed by atoms with Gasteiger partial charge in [-0.05, 0) is 18.2 Å². The monoisotopic (exact) mass is 338 g/mol. The van der Waals surface area contributed by atoms with Crippen molar-refractivity contribution < 1.29 is 27.5 Å². The van der Waals surface area contributed by atoms with Crippen molar-refractivity contribution in [2.75, 3.05) is 11.4 Å². The second kappa shape index (κ2) is 4.72. The molecular weight excluding hydrogens is 333 g/mol. The van der Waals surface area contributed by atoms with Crippen molar-refractivity contribution in [1.82, 2.24) is 5.32 Å². The van der Waals surface area contributed by atoms with Gasteiger partial charge in [0, 0.05) is 4.47 Å². The molecule has 2 rings (SSSR count). The van der Waals surface area contributed by atoms with E-state index in [-0.39, 0.29) is 12.2 Å². The van der Waals surface area contributed by atoms with Gasteiger partial charge in [-0.25, -0.2) is 4.79 Å². The molecule has 0 radical (unpaired) electrons. The van der Waals surface area contributed by atoms with Crippen molar-refractivity contribution in [3.05, 3.63) is 22.7 Å². The highest BCUT2D eigenvalue weighted by molar-refractivity contribution is 9.10. The number of carbonyl (C=O) groups excluding carboxylic acids is 2. The number of imide groups is 1. The number of hydrogen-bond donors (Lipinski definition) is 1. The second-order valence-electron chi connectivity index (χ2n) is 3.60. The number of halogens is 4. The number of urea groups is 1. The fourth-order valence-corrected chi connectivity index (χ4v) is 1.89. The van der Waals surface area contributed by atoms with Crippen molar-refractivity contribution in [3.8, 4) is 5.75 Å². The number of anilines is 1. The van der Waals surface area contributed by atoms with Gasteiger partial charge in [0.25, 0.3) is 0 Å². The van der Waals surface area contributed by atoms with E-state index in [1.807, 2.05) is 5.32 Å². The van der Waals surface area contributed by atoms with Crippen LogP contribution < -0.4 is 15.0 Å². The van der Waals surface area contributed by atoms with Crippen LogP contribution in [0, 0.1) is 0 Å². The predicted molar refractivity (Wildman–Crippen MR) is 61.7 cm³/mol. The molecule has 1 heterocycles. The summed E-state index contributed by atoms with van der Waals surface area (Å²) < 4.78 is 41.1. The van der Waals surface area contributed by atoms with Crippen LogP contribution in [-0.4, -0.2) is 24.8 Å². The lowest BCUT2D eigenvalue weighted by atomic mass is 10.2. The van der Waals surface area contributed by atoms with E-state index < -0.39 is 24.1 Å². The maximum absolute atomic E-state index is 12.3. The van der Waals surface area contributed by atoms with Gasteiger partial charge in [-0.1, -0.05) is 15.9 Å². The lowest BCUT2D eigenvalue weighted by Gasteiger charge is -2.19. The van der Waals surface area contributed by atoms with Crippen molar-refractivity contribution >= 4 is 33.6 Å². The predicted octanol–water partition coefficient (Wildman–Crippen LogP) is 2.40. The SMILES string of the molecule is O=C1CN(c2ccc(Br)cc2OC(F)(F)F)C(=O)N1. The lowest BCUT2D eigenvalue weighted by Crippen LogP contribution is -2.29. The van der Waals surface area contributed by atoms with E-state index in [9.17, 15) is 22.8 Å². The van der Waals surface area contributed by atoms with Gasteiger partial charge in [0.2, 0.25) is 5.91 Å². The summed E-state index contributed by atoms with van der Waals surface area (Å²) >= 11 is 3.01. The van der Waals surface area contributed by atoms with Gasteiger partial charge in [0.1, 0.15) is 6.54 Å². The molecule has 3 amide bonds. The Balaban J connectivity index is 2.39. The van der Waals surface area contributed by atoms with E-state index in [0.717, 1.165) is 11.0 Å². The van der Waals surface area contributed by atoms with Crippen molar-refractivity contribution in [2.24, 2.45) is 0 Å². The lowest BCUT2D eigenvalue weighted by molar-refractivity contribution is -0.274. The summed E-state index contributed by atoms with van der Waals surface area (Å²) in [6.45, 7) is -0.352. The van der Waals surface area contributed by atoms with Gasteiger partial charge in [0.15, 0.2) is 5.75 Å². The van der Waals surface area contributed by atoms with E-state index in [1.165, 1.54) is 12.1 Å². The molecule has 5 nitrogen and oxygen atoms in total. The summed E-state index contributed by atoms with van der Waals surface area (Å²) in [5.41, 5.74) is -0.135. The standard InChI is InChI=1S/C10H6BrF3N2O3/c11-5-1-2-6(7(3-5)19-10(12,13)14)16-4-8(17)15-9(16)18/h1-3H,4H2,(H,15,17,18). The zero-order valence-corrected chi connectivity index (χ0v) is 10.7. The Hall–Kier alpha value is -1.77. The normalized spacial score (nSPS) is 15.7. The maximum Gasteiger partial charge on any atom is 0.573 e. The maximum atomic E-state index is 12.3. The van der Waals surface area contributed by atoms with E-state index in [0.29, 0.717) is 4.47 Å². The topological polar surface area (TPSA) is 58.6 Å². The molecule has 1 aromatic carbocycles. The minimum atomic E-state index is -4.89. The first-order valence-electron chi connectivity index (χ1n) is 4.93. The molecule has 0 saturated carbocycles. The fourth-order valence-electron chi connectivity index (χ4n) is 1.55. The summed E-state index contributed by atoms with van der Waals surface area (Å²) in [7, 11) is 0. The minimum absolute atomic E-state index is 0.135. The third kappa shape index (κ3) is 3.16. The van der Waals surface area contributed by atoms with Crippen molar-refractivity contribution in [1.29, 1.82) is 0 Å². The van der Waals surface area contributed by atoms with Gasteiger partial charge in [-0.3, -0.25) is 15.0 Å². The minimum Gasteiger partial charge on any atom is -0.404 e. The van der Waals surface area contributed by atoms with E-state index in [2.05, 4.69) is 20.7 Å². The number of benzene rings is 1. The zero-order chi connectivity index (χ0) is 14.2. The van der Waals surface area contributed by atoms with Crippen LogP contribution in [0.15, 0.2) is 22.7 Å². The quantitative estimate of drug-likeness (QED) is 0.842. The third-order valence-electron chi connectivity index (χ3n) is 2.23. The molecule has 102 valence electrons. The number of ether oxygens (including phenoxy) is 1. The number of carbonyl (C=O) groups is 2. The van der Waals surface area contributed by atoms with E-state index >= 15 is 0 Å². The van der Waals surface area contributed by atoms with Crippen LogP contribution in [0.4, 0.5) is 23.7 Å². The molecule has 1 aliphatic rings. The molecule has 0 bridgehead atoms. The fraction of sp³-hybridized carbons (Fsp3) is 0.200. The summed E-state index contributed by atoms with van der Waals surface area (Å²) in [4.78, 5) is 23.4. The molecule has 19 heavy (non-hydrogen) atoms. The zero-order valence-electron chi connectivity index (χ0n) is 9.12. The first-order valence-corrected chi connectivity index (χ1v) is 5.72. The first-order chi connectivity index (χ1) is 8.76. The van der Waals surface area contributed by atoms with E-state index in [4.69, 9.17) is 0 Å². The van der Waals surface area contributed by atoms with Crippen LogP contribution in [0.25, 0.3) is 0 Å². The smallest absolute Gasteiger partial charge is 0.404 e. The van der Waals surface area contributed by atoms with Crippen LogP contribution in [0.2, 0.25) is 0 Å². The molecule has 1 aliphatic heterocycles. The van der Waals surface area contributed by atoms with Crippen LogP contribution in [-0.2, 0) is 4.79 Å². The van der Waals surface area contributed by atoms with Crippen LogP contribution in [0.1, 0.15) is 0 Å². The molecule has 0 aliphatic carbocycles. The number of nitrogens with zero attached hydrogens (tertiary/aromatic N) is 1. The van der Waals surface area contributed by atoms with E-state index in [1.54, 1.807) is 0 Å². The molecule has 1 fully saturated rings. The second-order valence-corrected chi connectivity index (χ2v) is 4.51. The molecular formula is C10H6BrF3N2O3. The van der Waals surface area contributed by atoms with Crippen LogP contribution in [0.3, 0.4) is 0 Å². The third-order valence-corrected chi connectivity index (χ3v) is 2.72. The average molecular weight is 339 g/mol. The van der Waals surface area contributed by atoms with Gasteiger partial charge in [-0.15, -0.1) is 13.2 Å². The summed E-state index contributed by atoms with van der Waals surface area (Å²) in [6.07, 6.45) is -4.89. The molecule has 9 heteroatoms. The Kier molecular flexibility index (Phi) is 3.40. The van der Waals surface area contributed by atoms with Gasteiger partial charge >= 0.3 is 12.4 Å². The van der Waals surface area contributed by atoms with Gasteiger partial charge < -0.3 is 4.74 Å². The number of alkyl halides is 3. The number of nitrogens with one attached hydrogen (secondary N) is 1. The number of amides is 3. The largest absolute Gasteiger partial charge is 0.573 e. The van der Waals surface area contributed by atoms with Crippen LogP contribution in [0.5, 0.6) is 5.75 Å². The molecule has 1 N–H and O–H groups in total. The summed E-state index contributed by atoms with van der Waals surface area (Å²) in [6, 6.07) is 2.97. The molecule has 0 aromatic heterocycles. The Bertz CT molecular complexity index is 547. The molecule has 0 spiro atoms. The molecule has 1 saturated heterocycles. The van der Waals surface area contributed by atoms with Gasteiger partial charge in [0.05, 0.1) is 5.69 Å². The molecule has 0 unspecified atom stereocenters. The molecule has 1 aromatic rings. The highest BCUT2D eigenvalue weighted by Crippen LogP contribution is 2.35. The van der Waals surface area contributed by atoms with Crippen LogP contribution >= 0.6 is 15.9 Å². The first kappa shape index (κ1) is 13.7. The number of rotatable bonds is 2. The Morgan fingerprint density at radius 3 is 2.53 bits per heavy atom. The Morgan fingerprint density at radius 2 is 2.00 bits per heavy atom. The van der Waals surface area contributed by atoms with Crippen molar-refractivity contribution in [2.45, 2.75) is 6.36 Å². The average Bonchev–Trinajstić information content (AvgIpc) is 2.55. The Morgan fingerprint density at radius 1 is 1.32 bits per heavy atom. The summed E-state index contributed by atoms with van der Waals surface area (Å²) in [5, 5.41) is 1.97. The summed E-state index contributed by atoms with van der Waals surface area (Å²) in [5.74, 6) is -1.15. The van der Waals surface area contributed by atoms with Crippen molar-refractivity contribution in [3.63, 3.8) is 0 Å². The highest BCUT2D eigenvalue weighted by Gasteiger charge is 2.35. The highest BCUT2D eigenvalue weighted by atomic mass is 79.9. The number of hydrogen-bond acceptors (Lipinski definition) is 3. The Labute approximate surface area is 113 Å².